The van der Waals surface area contributed by atoms with Gasteiger partial charge in [0.05, 0.1) is 18.7 Å². The van der Waals surface area contributed by atoms with Crippen LogP contribution >= 0.6 is 0 Å². The molecule has 142 valence electrons. The number of ether oxygens (including phenoxy) is 1. The molecule has 2 aromatic carbocycles. The maximum atomic E-state index is 12.7. The molecule has 4 rings (SSSR count). The van der Waals surface area contributed by atoms with Gasteiger partial charge in [-0.25, -0.2) is 4.79 Å². The summed E-state index contributed by atoms with van der Waals surface area (Å²) in [6.07, 6.45) is -0.210. The quantitative estimate of drug-likeness (QED) is 0.904. The van der Waals surface area contributed by atoms with Crippen molar-refractivity contribution in [3.63, 3.8) is 0 Å². The second-order valence-corrected chi connectivity index (χ2v) is 7.76. The van der Waals surface area contributed by atoms with Crippen LogP contribution in [0.15, 0.2) is 48.5 Å². The molecule has 5 nitrogen and oxygen atoms in total. The van der Waals surface area contributed by atoms with Crippen molar-refractivity contribution in [2.24, 2.45) is 0 Å². The number of carbonyl (C=O) groups excluding carboxylic acids is 1. The van der Waals surface area contributed by atoms with E-state index in [-0.39, 0.29) is 18.1 Å². The van der Waals surface area contributed by atoms with E-state index < -0.39 is 6.10 Å². The van der Waals surface area contributed by atoms with Crippen molar-refractivity contribution < 1.29 is 14.6 Å². The Morgan fingerprint density at radius 3 is 2.30 bits per heavy atom. The van der Waals surface area contributed by atoms with Crippen molar-refractivity contribution in [2.75, 3.05) is 33.8 Å². The number of benzene rings is 2. The van der Waals surface area contributed by atoms with Gasteiger partial charge >= 0.3 is 6.09 Å². The molecule has 0 radical (unpaired) electrons. The maximum absolute atomic E-state index is 12.7. The highest BCUT2D eigenvalue weighted by molar-refractivity contribution is 5.79. The van der Waals surface area contributed by atoms with Crippen LogP contribution in [0.2, 0.25) is 0 Å². The van der Waals surface area contributed by atoms with Crippen LogP contribution < -0.4 is 0 Å². The highest BCUT2D eigenvalue weighted by atomic mass is 16.6. The number of likely N-dealkylation sites (tertiary alicyclic amines) is 1. The van der Waals surface area contributed by atoms with Crippen LogP contribution in [0.3, 0.4) is 0 Å². The van der Waals surface area contributed by atoms with Crippen molar-refractivity contribution in [2.45, 2.75) is 24.5 Å². The summed E-state index contributed by atoms with van der Waals surface area (Å²) in [5, 5.41) is 10.0. The van der Waals surface area contributed by atoms with Crippen molar-refractivity contribution in [3.8, 4) is 11.1 Å². The summed E-state index contributed by atoms with van der Waals surface area (Å²) in [6.45, 7) is 1.38. The molecule has 1 saturated heterocycles. The van der Waals surface area contributed by atoms with Gasteiger partial charge in [0, 0.05) is 12.5 Å². The fraction of sp³-hybridized carbons (Fsp3) is 0.409. The van der Waals surface area contributed by atoms with E-state index in [1.807, 2.05) is 43.3 Å². The zero-order chi connectivity index (χ0) is 19.0. The predicted octanol–water partition coefficient (Wildman–Crippen LogP) is 2.93. The van der Waals surface area contributed by atoms with E-state index >= 15 is 0 Å². The third kappa shape index (κ3) is 3.45. The SMILES string of the molecule is CN(C)C[C@@H]1C[C@@H](O)CN1C(=O)OCC1c2ccccc2-c2ccccc21. The molecule has 0 unspecified atom stereocenters. The first kappa shape index (κ1) is 18.0. The lowest BCUT2D eigenvalue weighted by Gasteiger charge is -2.26. The summed E-state index contributed by atoms with van der Waals surface area (Å²) in [4.78, 5) is 16.4. The molecule has 1 amide bonds. The monoisotopic (exact) mass is 366 g/mol. The first-order valence-electron chi connectivity index (χ1n) is 9.49. The van der Waals surface area contributed by atoms with Gasteiger partial charge in [0.1, 0.15) is 6.61 Å². The predicted molar refractivity (Wildman–Crippen MR) is 105 cm³/mol. The third-order valence-electron chi connectivity index (χ3n) is 5.54. The number of amides is 1. The molecule has 2 atom stereocenters. The molecule has 0 aromatic heterocycles. The standard InChI is InChI=1S/C22H26N2O3/c1-23(2)12-15-11-16(25)13-24(15)22(26)27-14-21-19-9-5-3-7-17(19)18-8-4-6-10-20(18)21/h3-10,15-16,21,25H,11-14H2,1-2H3/t15-,16+/m0/s1. The van der Waals surface area contributed by atoms with E-state index in [4.69, 9.17) is 4.74 Å². The van der Waals surface area contributed by atoms with Crippen molar-refractivity contribution in [1.29, 1.82) is 0 Å². The number of carbonyl (C=O) groups is 1. The van der Waals surface area contributed by atoms with Crippen LogP contribution in [0.5, 0.6) is 0 Å². The highest BCUT2D eigenvalue weighted by Gasteiger charge is 2.36. The summed E-state index contributed by atoms with van der Waals surface area (Å²) in [5.74, 6) is 0.0566. The lowest BCUT2D eigenvalue weighted by Crippen LogP contribution is -2.42. The van der Waals surface area contributed by atoms with Crippen LogP contribution in [0, 0.1) is 0 Å². The molecule has 1 aliphatic heterocycles. The van der Waals surface area contributed by atoms with Gasteiger partial charge in [-0.1, -0.05) is 48.5 Å². The molecule has 2 aromatic rings. The number of aliphatic hydroxyl groups excluding tert-OH is 1. The number of aliphatic hydroxyl groups is 1. The summed E-state index contributed by atoms with van der Waals surface area (Å²) < 4.78 is 5.74. The molecule has 1 aliphatic carbocycles. The summed E-state index contributed by atoms with van der Waals surface area (Å²) >= 11 is 0. The summed E-state index contributed by atoms with van der Waals surface area (Å²) in [5.41, 5.74) is 4.85. The molecule has 0 saturated carbocycles. The van der Waals surface area contributed by atoms with Crippen molar-refractivity contribution in [3.05, 3.63) is 59.7 Å². The molecule has 5 heteroatoms. The topological polar surface area (TPSA) is 53.0 Å². The Bertz CT molecular complexity index is 790. The lowest BCUT2D eigenvalue weighted by atomic mass is 9.98. The summed E-state index contributed by atoms with van der Waals surface area (Å²) in [6, 6.07) is 16.6. The second-order valence-electron chi connectivity index (χ2n) is 7.76. The van der Waals surface area contributed by atoms with E-state index in [0.717, 1.165) is 6.54 Å². The zero-order valence-corrected chi connectivity index (χ0v) is 15.8. The fourth-order valence-corrected chi connectivity index (χ4v) is 4.39. The van der Waals surface area contributed by atoms with Gasteiger partial charge in [-0.05, 0) is 42.8 Å². The Morgan fingerprint density at radius 2 is 1.70 bits per heavy atom. The Morgan fingerprint density at radius 1 is 1.11 bits per heavy atom. The van der Waals surface area contributed by atoms with E-state index in [0.29, 0.717) is 19.6 Å². The Hall–Kier alpha value is -2.37. The number of β-amino-alcohol motifs (C(OH)–C–C–N with tert-alkyl or cyclic N) is 1. The number of hydrogen-bond acceptors (Lipinski definition) is 4. The van der Waals surface area contributed by atoms with Gasteiger partial charge in [-0.2, -0.15) is 0 Å². The second kappa shape index (κ2) is 7.33. The zero-order valence-electron chi connectivity index (χ0n) is 15.8. The van der Waals surface area contributed by atoms with Gasteiger partial charge < -0.3 is 19.6 Å². The third-order valence-corrected chi connectivity index (χ3v) is 5.54. The van der Waals surface area contributed by atoms with Gasteiger partial charge in [0.15, 0.2) is 0 Å². The lowest BCUT2D eigenvalue weighted by molar-refractivity contribution is 0.0873. The van der Waals surface area contributed by atoms with Gasteiger partial charge in [0.2, 0.25) is 0 Å². The minimum absolute atomic E-state index is 0.00866. The molecule has 0 bridgehead atoms. The molecular formula is C22H26N2O3. The Labute approximate surface area is 160 Å². The molecule has 0 spiro atoms. The number of nitrogens with zero attached hydrogens (tertiary/aromatic N) is 2. The normalized spacial score (nSPS) is 21.4. The highest BCUT2D eigenvalue weighted by Crippen LogP contribution is 2.44. The first-order chi connectivity index (χ1) is 13.0. The largest absolute Gasteiger partial charge is 0.448 e. The molecular weight excluding hydrogens is 340 g/mol. The minimum Gasteiger partial charge on any atom is -0.448 e. The first-order valence-corrected chi connectivity index (χ1v) is 9.49. The van der Waals surface area contributed by atoms with Crippen LogP contribution in [0.25, 0.3) is 11.1 Å². The van der Waals surface area contributed by atoms with Crippen LogP contribution in [0.1, 0.15) is 23.5 Å². The van der Waals surface area contributed by atoms with Crippen LogP contribution in [0.4, 0.5) is 4.79 Å². The number of likely N-dealkylation sites (N-methyl/N-ethyl adjacent to an activating group) is 1. The Kier molecular flexibility index (Phi) is 4.89. The average Bonchev–Trinajstić information content (AvgIpc) is 3.17. The molecule has 1 N–H and O–H groups in total. The Balaban J connectivity index is 1.49. The average molecular weight is 366 g/mol. The minimum atomic E-state index is -0.476. The molecule has 27 heavy (non-hydrogen) atoms. The van der Waals surface area contributed by atoms with Gasteiger partial charge in [-0.15, -0.1) is 0 Å². The fourth-order valence-electron chi connectivity index (χ4n) is 4.39. The van der Waals surface area contributed by atoms with E-state index in [9.17, 15) is 9.90 Å². The van der Waals surface area contributed by atoms with Crippen LogP contribution in [-0.4, -0.2) is 66.9 Å². The molecule has 1 heterocycles. The van der Waals surface area contributed by atoms with Gasteiger partial charge in [0.25, 0.3) is 0 Å². The van der Waals surface area contributed by atoms with E-state index in [1.54, 1.807) is 4.90 Å². The summed E-state index contributed by atoms with van der Waals surface area (Å²) in [7, 11) is 3.95. The smallest absolute Gasteiger partial charge is 0.410 e. The van der Waals surface area contributed by atoms with Gasteiger partial charge in [-0.3, -0.25) is 0 Å². The number of rotatable bonds is 4. The van der Waals surface area contributed by atoms with Crippen LogP contribution in [-0.2, 0) is 4.74 Å². The van der Waals surface area contributed by atoms with E-state index in [2.05, 4.69) is 24.3 Å². The maximum Gasteiger partial charge on any atom is 0.410 e. The van der Waals surface area contributed by atoms with E-state index in [1.165, 1.54) is 22.3 Å². The number of fused-ring (bicyclic) bond motifs is 3. The molecule has 1 fully saturated rings. The molecule has 2 aliphatic rings. The van der Waals surface area contributed by atoms with Crippen molar-refractivity contribution >= 4 is 6.09 Å². The number of hydrogen-bond donors (Lipinski definition) is 1. The van der Waals surface area contributed by atoms with Crippen molar-refractivity contribution in [1.82, 2.24) is 9.80 Å².